The Labute approximate surface area is 182 Å². The lowest BCUT2D eigenvalue weighted by Crippen LogP contribution is -2.41. The molecule has 4 rings (SSSR count). The number of nitrogens with one attached hydrogen (secondary N) is 1. The van der Waals surface area contributed by atoms with Gasteiger partial charge in [0.15, 0.2) is 5.65 Å². The molecule has 0 unspecified atom stereocenters. The molecule has 0 radical (unpaired) electrons. The van der Waals surface area contributed by atoms with E-state index < -0.39 is 14.9 Å². The second kappa shape index (κ2) is 9.28. The van der Waals surface area contributed by atoms with E-state index in [1.807, 2.05) is 6.07 Å². The van der Waals surface area contributed by atoms with Crippen LogP contribution in [0.25, 0.3) is 5.65 Å². The molecule has 0 aliphatic carbocycles. The van der Waals surface area contributed by atoms with Gasteiger partial charge in [-0.2, -0.15) is 0 Å². The first-order chi connectivity index (χ1) is 14.9. The highest BCUT2D eigenvalue weighted by Gasteiger charge is 2.23. The number of benzene rings is 1. The van der Waals surface area contributed by atoms with Crippen LogP contribution in [0, 0.1) is 10.1 Å². The SMILES string of the molecule is O=[N+]([O-])c1cc(S(=O)(=O)NCCN2CCOCC2)ccc1Sc1nnc2ccccn12. The molecule has 1 saturated heterocycles. The van der Waals surface area contributed by atoms with Crippen molar-refractivity contribution in [2.24, 2.45) is 0 Å². The van der Waals surface area contributed by atoms with Gasteiger partial charge in [-0.25, -0.2) is 13.1 Å². The van der Waals surface area contributed by atoms with Crippen LogP contribution in [0.3, 0.4) is 0 Å². The van der Waals surface area contributed by atoms with Gasteiger partial charge in [-0.3, -0.25) is 19.4 Å². The Morgan fingerprint density at radius 2 is 2.00 bits per heavy atom. The maximum Gasteiger partial charge on any atom is 0.284 e. The van der Waals surface area contributed by atoms with Crippen molar-refractivity contribution >= 4 is 33.1 Å². The van der Waals surface area contributed by atoms with Crippen LogP contribution in [0.2, 0.25) is 0 Å². The molecule has 3 aromatic rings. The van der Waals surface area contributed by atoms with Crippen LogP contribution in [-0.4, -0.2) is 72.2 Å². The molecule has 1 aliphatic heterocycles. The summed E-state index contributed by atoms with van der Waals surface area (Å²) in [5.41, 5.74) is 0.296. The number of aromatic nitrogens is 3. The molecule has 0 saturated carbocycles. The van der Waals surface area contributed by atoms with Crippen LogP contribution in [0.1, 0.15) is 0 Å². The van der Waals surface area contributed by atoms with Crippen LogP contribution in [0.4, 0.5) is 5.69 Å². The number of nitro groups is 1. The predicted molar refractivity (Wildman–Crippen MR) is 113 cm³/mol. The van der Waals surface area contributed by atoms with E-state index in [0.717, 1.165) is 30.9 Å². The quantitative estimate of drug-likeness (QED) is 0.388. The maximum atomic E-state index is 12.6. The highest BCUT2D eigenvalue weighted by molar-refractivity contribution is 7.99. The molecule has 0 spiro atoms. The maximum absolute atomic E-state index is 12.6. The number of fused-ring (bicyclic) bond motifs is 1. The molecule has 1 fully saturated rings. The van der Waals surface area contributed by atoms with E-state index in [1.165, 1.54) is 12.1 Å². The molecule has 11 nitrogen and oxygen atoms in total. The summed E-state index contributed by atoms with van der Waals surface area (Å²) >= 11 is 1.05. The first-order valence-electron chi connectivity index (χ1n) is 9.50. The number of rotatable bonds is 8. The third kappa shape index (κ3) is 5.02. The summed E-state index contributed by atoms with van der Waals surface area (Å²) in [5, 5.41) is 20.2. The first-order valence-corrected chi connectivity index (χ1v) is 11.8. The highest BCUT2D eigenvalue weighted by Crippen LogP contribution is 2.35. The average Bonchev–Trinajstić information content (AvgIpc) is 3.17. The van der Waals surface area contributed by atoms with Crippen molar-refractivity contribution in [1.29, 1.82) is 0 Å². The van der Waals surface area contributed by atoms with E-state index in [1.54, 1.807) is 22.7 Å². The first kappa shape index (κ1) is 21.6. The molecule has 164 valence electrons. The summed E-state index contributed by atoms with van der Waals surface area (Å²) in [7, 11) is -3.89. The Morgan fingerprint density at radius 3 is 2.77 bits per heavy atom. The van der Waals surface area contributed by atoms with Crippen molar-refractivity contribution < 1.29 is 18.1 Å². The van der Waals surface area contributed by atoms with Gasteiger partial charge in [0.25, 0.3) is 5.69 Å². The number of morpholine rings is 1. The monoisotopic (exact) mass is 464 g/mol. The second-order valence-electron chi connectivity index (χ2n) is 6.75. The lowest BCUT2D eigenvalue weighted by molar-refractivity contribution is -0.388. The van der Waals surface area contributed by atoms with E-state index in [0.29, 0.717) is 30.6 Å². The van der Waals surface area contributed by atoms with Crippen LogP contribution in [0.5, 0.6) is 0 Å². The molecular formula is C18H20N6O5S2. The van der Waals surface area contributed by atoms with Crippen molar-refractivity contribution in [2.75, 3.05) is 39.4 Å². The normalized spacial score (nSPS) is 15.4. The molecule has 1 aromatic carbocycles. The van der Waals surface area contributed by atoms with Gasteiger partial charge in [0.2, 0.25) is 15.2 Å². The number of sulfonamides is 1. The molecule has 1 aliphatic rings. The molecule has 1 N–H and O–H groups in total. The van der Waals surface area contributed by atoms with Gasteiger partial charge in [0.05, 0.1) is 27.9 Å². The number of nitro benzene ring substituents is 1. The van der Waals surface area contributed by atoms with Gasteiger partial charge in [-0.05, 0) is 36.0 Å². The summed E-state index contributed by atoms with van der Waals surface area (Å²) in [6.45, 7) is 3.49. The topological polar surface area (TPSA) is 132 Å². The molecular weight excluding hydrogens is 444 g/mol. The largest absolute Gasteiger partial charge is 0.379 e. The van der Waals surface area contributed by atoms with E-state index in [-0.39, 0.29) is 22.0 Å². The van der Waals surface area contributed by atoms with E-state index >= 15 is 0 Å². The van der Waals surface area contributed by atoms with Crippen LogP contribution in [-0.2, 0) is 14.8 Å². The highest BCUT2D eigenvalue weighted by atomic mass is 32.2. The van der Waals surface area contributed by atoms with Crippen molar-refractivity contribution in [3.05, 3.63) is 52.7 Å². The van der Waals surface area contributed by atoms with Crippen LogP contribution in [0.15, 0.2) is 57.5 Å². The van der Waals surface area contributed by atoms with Gasteiger partial charge in [0.1, 0.15) is 0 Å². The zero-order valence-corrected chi connectivity index (χ0v) is 18.0. The summed E-state index contributed by atoms with van der Waals surface area (Å²) in [5.74, 6) is 0. The Bertz CT molecular complexity index is 1190. The zero-order valence-electron chi connectivity index (χ0n) is 16.4. The van der Waals surface area contributed by atoms with Crippen molar-refractivity contribution in [3.63, 3.8) is 0 Å². The Balaban J connectivity index is 1.51. The number of hydrogen-bond donors (Lipinski definition) is 1. The molecule has 0 atom stereocenters. The van der Waals surface area contributed by atoms with Crippen molar-refractivity contribution in [2.45, 2.75) is 14.9 Å². The fourth-order valence-corrected chi connectivity index (χ4v) is 5.07. The number of ether oxygens (including phenoxy) is 1. The average molecular weight is 465 g/mol. The smallest absolute Gasteiger partial charge is 0.284 e. The Hall–Kier alpha value is -2.58. The predicted octanol–water partition coefficient (Wildman–Crippen LogP) is 1.40. The minimum Gasteiger partial charge on any atom is -0.379 e. The summed E-state index contributed by atoms with van der Waals surface area (Å²) in [6.07, 6.45) is 1.75. The fourth-order valence-electron chi connectivity index (χ4n) is 3.13. The van der Waals surface area contributed by atoms with Gasteiger partial charge in [0, 0.05) is 38.4 Å². The lowest BCUT2D eigenvalue weighted by Gasteiger charge is -2.26. The fraction of sp³-hybridized carbons (Fsp3) is 0.333. The Kier molecular flexibility index (Phi) is 6.48. The Morgan fingerprint density at radius 1 is 1.19 bits per heavy atom. The van der Waals surface area contributed by atoms with Gasteiger partial charge >= 0.3 is 0 Å². The van der Waals surface area contributed by atoms with Gasteiger partial charge in [-0.1, -0.05) is 6.07 Å². The molecule has 0 amide bonds. The molecule has 0 bridgehead atoms. The number of hydrogen-bond acceptors (Lipinski definition) is 9. The minimum atomic E-state index is -3.89. The standard InChI is InChI=1S/C18H20N6O5S2/c25-24(26)15-13-14(31(27,28)19-6-8-22-9-11-29-12-10-22)4-5-16(15)30-18-21-20-17-3-1-2-7-23(17)18/h1-5,7,13,19H,6,8-12H2. The van der Waals surface area contributed by atoms with Gasteiger partial charge < -0.3 is 4.74 Å². The number of nitrogens with zero attached hydrogens (tertiary/aromatic N) is 5. The summed E-state index contributed by atoms with van der Waals surface area (Å²) < 4.78 is 34.8. The van der Waals surface area contributed by atoms with E-state index in [9.17, 15) is 18.5 Å². The number of pyridine rings is 1. The zero-order chi connectivity index (χ0) is 21.8. The summed E-state index contributed by atoms with van der Waals surface area (Å²) in [4.78, 5) is 13.2. The van der Waals surface area contributed by atoms with E-state index in [4.69, 9.17) is 4.74 Å². The third-order valence-electron chi connectivity index (χ3n) is 4.74. The second-order valence-corrected chi connectivity index (χ2v) is 9.53. The van der Waals surface area contributed by atoms with Crippen LogP contribution < -0.4 is 4.72 Å². The molecule has 3 heterocycles. The summed E-state index contributed by atoms with van der Waals surface area (Å²) in [6, 6.07) is 9.23. The van der Waals surface area contributed by atoms with Gasteiger partial charge in [-0.15, -0.1) is 10.2 Å². The van der Waals surface area contributed by atoms with E-state index in [2.05, 4.69) is 19.8 Å². The van der Waals surface area contributed by atoms with Crippen molar-refractivity contribution in [3.8, 4) is 0 Å². The lowest BCUT2D eigenvalue weighted by atomic mass is 10.3. The van der Waals surface area contributed by atoms with Crippen LogP contribution >= 0.6 is 11.8 Å². The molecule has 13 heteroatoms. The molecule has 31 heavy (non-hydrogen) atoms. The minimum absolute atomic E-state index is 0.156. The molecule has 2 aromatic heterocycles. The third-order valence-corrected chi connectivity index (χ3v) is 7.23. The van der Waals surface area contributed by atoms with Crippen molar-refractivity contribution in [1.82, 2.24) is 24.2 Å².